The van der Waals surface area contributed by atoms with Crippen molar-refractivity contribution >= 4 is 17.4 Å². The zero-order valence-corrected chi connectivity index (χ0v) is 20.5. The molecule has 1 aliphatic heterocycles. The predicted molar refractivity (Wildman–Crippen MR) is 129 cm³/mol. The molecular weight excluding hydrogens is 436 g/mol. The number of hydrogen-bond donors (Lipinski definition) is 1. The Hall–Kier alpha value is -3.52. The molecule has 1 saturated heterocycles. The average Bonchev–Trinajstić information content (AvgIpc) is 3.06. The zero-order chi connectivity index (χ0) is 25.0. The van der Waals surface area contributed by atoms with Crippen LogP contribution in [0, 0.1) is 0 Å². The number of hydrogen-bond acceptors (Lipinski definition) is 7. The van der Waals surface area contributed by atoms with Crippen LogP contribution in [0.4, 0.5) is 0 Å². The number of ketones is 1. The minimum absolute atomic E-state index is 0.00371. The van der Waals surface area contributed by atoms with Crippen LogP contribution < -0.4 is 14.2 Å². The number of benzene rings is 2. The number of amides is 1. The number of rotatable bonds is 9. The Balaban J connectivity index is 2.15. The van der Waals surface area contributed by atoms with Gasteiger partial charge >= 0.3 is 0 Å². The summed E-state index contributed by atoms with van der Waals surface area (Å²) in [4.78, 5) is 29.7. The summed E-state index contributed by atoms with van der Waals surface area (Å²) in [6, 6.07) is 11.2. The fourth-order valence-electron chi connectivity index (χ4n) is 3.91. The van der Waals surface area contributed by atoms with Gasteiger partial charge in [-0.1, -0.05) is 0 Å². The Kier molecular flexibility index (Phi) is 7.83. The van der Waals surface area contributed by atoms with E-state index in [-0.39, 0.29) is 17.4 Å². The molecule has 0 unspecified atom stereocenters. The van der Waals surface area contributed by atoms with Gasteiger partial charge in [-0.05, 0) is 64.3 Å². The second-order valence-corrected chi connectivity index (χ2v) is 8.59. The van der Waals surface area contributed by atoms with Crippen molar-refractivity contribution < 1.29 is 28.9 Å². The molecule has 1 aliphatic rings. The molecule has 1 atom stereocenters. The van der Waals surface area contributed by atoms with Crippen molar-refractivity contribution in [2.75, 3.05) is 41.4 Å². The first-order chi connectivity index (χ1) is 16.2. The summed E-state index contributed by atoms with van der Waals surface area (Å²) in [5, 5.41) is 11.2. The van der Waals surface area contributed by atoms with E-state index in [1.54, 1.807) is 49.6 Å². The molecule has 2 aromatic carbocycles. The van der Waals surface area contributed by atoms with Crippen molar-refractivity contribution in [3.05, 3.63) is 59.2 Å². The summed E-state index contributed by atoms with van der Waals surface area (Å²) in [5.74, 6) is 0.0305. The lowest BCUT2D eigenvalue weighted by molar-refractivity contribution is -0.140. The molecule has 1 heterocycles. The van der Waals surface area contributed by atoms with Gasteiger partial charge in [0.25, 0.3) is 11.7 Å². The van der Waals surface area contributed by atoms with Crippen LogP contribution in [0.1, 0.15) is 31.0 Å². The summed E-state index contributed by atoms with van der Waals surface area (Å²) in [6.45, 7) is 4.69. The lowest BCUT2D eigenvalue weighted by atomic mass is 9.94. The molecular formula is C26H32N2O6. The van der Waals surface area contributed by atoms with Gasteiger partial charge in [0.05, 0.1) is 31.9 Å². The number of carbonyl (C=O) groups is 2. The molecule has 0 bridgehead atoms. The molecule has 0 spiro atoms. The third-order valence-corrected chi connectivity index (χ3v) is 5.56. The molecule has 1 fully saturated rings. The molecule has 182 valence electrons. The maximum Gasteiger partial charge on any atom is 0.295 e. The van der Waals surface area contributed by atoms with E-state index in [1.807, 2.05) is 32.8 Å². The minimum Gasteiger partial charge on any atom is -0.507 e. The molecule has 8 nitrogen and oxygen atoms in total. The third-order valence-electron chi connectivity index (χ3n) is 5.56. The Bertz CT molecular complexity index is 1080. The van der Waals surface area contributed by atoms with Crippen molar-refractivity contribution in [3.8, 4) is 17.2 Å². The highest BCUT2D eigenvalue weighted by Crippen LogP contribution is 2.43. The molecule has 8 heteroatoms. The first kappa shape index (κ1) is 25.1. The monoisotopic (exact) mass is 468 g/mol. The molecule has 2 aromatic rings. The fourth-order valence-corrected chi connectivity index (χ4v) is 3.91. The van der Waals surface area contributed by atoms with E-state index in [0.29, 0.717) is 41.5 Å². The quantitative estimate of drug-likeness (QED) is 0.342. The maximum atomic E-state index is 13.2. The maximum absolute atomic E-state index is 13.2. The summed E-state index contributed by atoms with van der Waals surface area (Å²) in [5.41, 5.74) is 1.02. The van der Waals surface area contributed by atoms with Crippen LogP contribution >= 0.6 is 0 Å². The Labute approximate surface area is 200 Å². The number of likely N-dealkylation sites (N-methyl/N-ethyl adjacent to an activating group) is 1. The molecule has 0 radical (unpaired) electrons. The Morgan fingerprint density at radius 3 is 2.24 bits per heavy atom. The molecule has 0 aliphatic carbocycles. The van der Waals surface area contributed by atoms with Crippen LogP contribution in [0.2, 0.25) is 0 Å². The summed E-state index contributed by atoms with van der Waals surface area (Å²) in [6.07, 6.45) is 0.00371. The zero-order valence-electron chi connectivity index (χ0n) is 20.5. The number of nitrogens with zero attached hydrogens (tertiary/aromatic N) is 2. The van der Waals surface area contributed by atoms with Crippen LogP contribution in [0.25, 0.3) is 5.76 Å². The standard InChI is InChI=1S/C26H32N2O6/c1-16(2)34-18-9-7-17(8-10-18)24(29)22-23(20-12-11-19(32-5)15-21(20)33-6)28(14-13-27(3)4)26(31)25(22)30/h7-12,15-16,23,29H,13-14H2,1-6H3/b24-22+/t23-/m1/s1. The van der Waals surface area contributed by atoms with Gasteiger partial charge in [0, 0.05) is 30.3 Å². The van der Waals surface area contributed by atoms with E-state index >= 15 is 0 Å². The van der Waals surface area contributed by atoms with E-state index in [0.717, 1.165) is 0 Å². The first-order valence-corrected chi connectivity index (χ1v) is 11.1. The van der Waals surface area contributed by atoms with Gasteiger partial charge in [-0.25, -0.2) is 0 Å². The minimum atomic E-state index is -0.813. The highest BCUT2D eigenvalue weighted by molar-refractivity contribution is 6.46. The van der Waals surface area contributed by atoms with Crippen LogP contribution in [-0.4, -0.2) is 74.1 Å². The molecule has 1 N–H and O–H groups in total. The summed E-state index contributed by atoms with van der Waals surface area (Å²) < 4.78 is 16.5. The number of ether oxygens (including phenoxy) is 3. The second-order valence-electron chi connectivity index (χ2n) is 8.59. The van der Waals surface area contributed by atoms with Gasteiger partial charge in [0.1, 0.15) is 23.0 Å². The molecule has 0 aromatic heterocycles. The predicted octanol–water partition coefficient (Wildman–Crippen LogP) is 3.47. The van der Waals surface area contributed by atoms with Crippen LogP contribution in [0.15, 0.2) is 48.0 Å². The number of aliphatic hydroxyl groups excluding tert-OH is 1. The van der Waals surface area contributed by atoms with Gasteiger partial charge in [0.2, 0.25) is 0 Å². The first-order valence-electron chi connectivity index (χ1n) is 11.1. The number of carbonyl (C=O) groups excluding carboxylic acids is 2. The molecule has 3 rings (SSSR count). The fraction of sp³-hybridized carbons (Fsp3) is 0.385. The largest absolute Gasteiger partial charge is 0.507 e. The van der Waals surface area contributed by atoms with Crippen molar-refractivity contribution in [2.45, 2.75) is 26.0 Å². The topological polar surface area (TPSA) is 88.5 Å². The van der Waals surface area contributed by atoms with Gasteiger partial charge < -0.3 is 29.1 Å². The summed E-state index contributed by atoms with van der Waals surface area (Å²) in [7, 11) is 6.84. The SMILES string of the molecule is COc1ccc([C@@H]2/C(=C(\O)c3ccc(OC(C)C)cc3)C(=O)C(=O)N2CCN(C)C)c(OC)c1. The highest BCUT2D eigenvalue weighted by atomic mass is 16.5. The molecule has 0 saturated carbocycles. The Morgan fingerprint density at radius 2 is 1.68 bits per heavy atom. The van der Waals surface area contributed by atoms with Gasteiger partial charge in [-0.3, -0.25) is 9.59 Å². The van der Waals surface area contributed by atoms with E-state index < -0.39 is 17.7 Å². The van der Waals surface area contributed by atoms with Crippen LogP contribution in [0.5, 0.6) is 17.2 Å². The lowest BCUT2D eigenvalue weighted by Gasteiger charge is -2.27. The highest BCUT2D eigenvalue weighted by Gasteiger charge is 2.47. The van der Waals surface area contributed by atoms with Gasteiger partial charge in [-0.2, -0.15) is 0 Å². The van der Waals surface area contributed by atoms with Crippen molar-refractivity contribution in [1.29, 1.82) is 0 Å². The normalized spacial score (nSPS) is 17.5. The third kappa shape index (κ3) is 5.17. The van der Waals surface area contributed by atoms with Gasteiger partial charge in [-0.15, -0.1) is 0 Å². The van der Waals surface area contributed by atoms with E-state index in [1.165, 1.54) is 12.0 Å². The van der Waals surface area contributed by atoms with Crippen LogP contribution in [-0.2, 0) is 9.59 Å². The number of Topliss-reactive ketones (excluding diaryl/α,β-unsaturated/α-hetero) is 1. The number of methoxy groups -OCH3 is 2. The lowest BCUT2D eigenvalue weighted by Crippen LogP contribution is -2.35. The molecule has 34 heavy (non-hydrogen) atoms. The average molecular weight is 469 g/mol. The summed E-state index contributed by atoms with van der Waals surface area (Å²) >= 11 is 0. The number of likely N-dealkylation sites (tertiary alicyclic amines) is 1. The van der Waals surface area contributed by atoms with Crippen LogP contribution in [0.3, 0.4) is 0 Å². The van der Waals surface area contributed by atoms with E-state index in [2.05, 4.69) is 0 Å². The second kappa shape index (κ2) is 10.6. The van der Waals surface area contributed by atoms with Crippen molar-refractivity contribution in [2.24, 2.45) is 0 Å². The van der Waals surface area contributed by atoms with Crippen molar-refractivity contribution in [1.82, 2.24) is 9.80 Å². The van der Waals surface area contributed by atoms with Gasteiger partial charge in [0.15, 0.2) is 0 Å². The number of aliphatic hydroxyl groups is 1. The van der Waals surface area contributed by atoms with E-state index in [4.69, 9.17) is 14.2 Å². The Morgan fingerprint density at radius 1 is 1.03 bits per heavy atom. The molecule has 1 amide bonds. The van der Waals surface area contributed by atoms with E-state index in [9.17, 15) is 14.7 Å². The van der Waals surface area contributed by atoms with Crippen molar-refractivity contribution in [3.63, 3.8) is 0 Å². The smallest absolute Gasteiger partial charge is 0.295 e.